The van der Waals surface area contributed by atoms with Crippen molar-refractivity contribution in [1.29, 1.82) is 0 Å². The number of ether oxygens (including phenoxy) is 1. The van der Waals surface area contributed by atoms with Crippen LogP contribution in [0, 0.1) is 6.92 Å². The number of carbonyl (C=O) groups excluding carboxylic acids is 1. The van der Waals surface area contributed by atoms with E-state index in [0.29, 0.717) is 29.4 Å². The number of halogens is 2. The molecule has 0 bridgehead atoms. The van der Waals surface area contributed by atoms with E-state index in [1.165, 1.54) is 6.92 Å². The molecule has 0 saturated carbocycles. The summed E-state index contributed by atoms with van der Waals surface area (Å²) in [4.78, 5) is 23.9. The van der Waals surface area contributed by atoms with Crippen molar-refractivity contribution in [2.75, 3.05) is 11.9 Å². The van der Waals surface area contributed by atoms with Crippen LogP contribution in [0.3, 0.4) is 0 Å². The predicted octanol–water partition coefficient (Wildman–Crippen LogP) is 4.22. The summed E-state index contributed by atoms with van der Waals surface area (Å²) in [6.45, 7) is 6.42. The minimum Gasteiger partial charge on any atom is -0.376 e. The van der Waals surface area contributed by atoms with E-state index in [-0.39, 0.29) is 18.1 Å². The highest BCUT2D eigenvalue weighted by Crippen LogP contribution is 2.36. The topological polar surface area (TPSA) is 81.9 Å². The number of rotatable bonds is 4. The molecule has 1 amide bonds. The largest absolute Gasteiger partial charge is 0.376 e. The number of carbonyl (C=O) groups is 1. The van der Waals surface area contributed by atoms with E-state index >= 15 is 0 Å². The minimum atomic E-state index is -3.16. The zero-order chi connectivity index (χ0) is 21.6. The van der Waals surface area contributed by atoms with Crippen LogP contribution in [0.4, 0.5) is 14.6 Å². The van der Waals surface area contributed by atoms with E-state index in [4.69, 9.17) is 4.74 Å². The molecule has 4 rings (SSSR count). The maximum Gasteiger partial charge on any atom is 0.303 e. The van der Waals surface area contributed by atoms with E-state index in [0.717, 1.165) is 24.2 Å². The molecule has 2 atom stereocenters. The molecule has 1 fully saturated rings. The molecule has 3 aromatic rings. The average molecular weight is 415 g/mol. The fraction of sp³-hybridized carbons (Fsp3) is 0.429. The minimum absolute atomic E-state index is 0.0969. The predicted molar refractivity (Wildman–Crippen MR) is 108 cm³/mol. The van der Waals surface area contributed by atoms with Gasteiger partial charge in [0.1, 0.15) is 5.82 Å². The van der Waals surface area contributed by atoms with Crippen molar-refractivity contribution < 1.29 is 18.3 Å². The second-order valence-electron chi connectivity index (χ2n) is 7.86. The zero-order valence-electron chi connectivity index (χ0n) is 17.2. The molecule has 2 unspecified atom stereocenters. The Labute approximate surface area is 172 Å². The Kier molecular flexibility index (Phi) is 5.01. The highest BCUT2D eigenvalue weighted by Gasteiger charge is 2.30. The van der Waals surface area contributed by atoms with Gasteiger partial charge in [0.2, 0.25) is 5.91 Å². The number of fused-ring (bicyclic) bond motifs is 1. The standard InChI is InChI=1S/C21H23F2N5O2/c1-11-5-17(27-20(25-11)21(4,22)23)16-9-28(14-6-12(2)30-10-14)18-8-24-19(7-15(16)18)26-13(3)29/h5,7-9,12,14H,6,10H2,1-4H3,(H,24,26,29). The number of aryl methyl sites for hydroxylation is 1. The van der Waals surface area contributed by atoms with Crippen LogP contribution in [0.25, 0.3) is 22.2 Å². The molecule has 1 N–H and O–H groups in total. The van der Waals surface area contributed by atoms with Gasteiger partial charge in [0.25, 0.3) is 0 Å². The molecule has 0 spiro atoms. The molecule has 7 nitrogen and oxygen atoms in total. The Balaban J connectivity index is 1.92. The van der Waals surface area contributed by atoms with Gasteiger partial charge in [0.15, 0.2) is 5.82 Å². The normalized spacial score (nSPS) is 19.4. The van der Waals surface area contributed by atoms with Crippen molar-refractivity contribution in [3.63, 3.8) is 0 Å². The van der Waals surface area contributed by atoms with Gasteiger partial charge < -0.3 is 14.6 Å². The van der Waals surface area contributed by atoms with Crippen molar-refractivity contribution >= 4 is 22.6 Å². The lowest BCUT2D eigenvalue weighted by molar-refractivity contribution is -0.114. The summed E-state index contributed by atoms with van der Waals surface area (Å²) in [6.07, 6.45) is 4.54. The maximum absolute atomic E-state index is 13.9. The number of hydrogen-bond donors (Lipinski definition) is 1. The van der Waals surface area contributed by atoms with Gasteiger partial charge in [-0.1, -0.05) is 0 Å². The number of amides is 1. The fourth-order valence-corrected chi connectivity index (χ4v) is 3.79. The van der Waals surface area contributed by atoms with Crippen LogP contribution < -0.4 is 5.32 Å². The van der Waals surface area contributed by atoms with Gasteiger partial charge in [0, 0.05) is 36.7 Å². The average Bonchev–Trinajstić information content (AvgIpc) is 3.23. The van der Waals surface area contributed by atoms with Gasteiger partial charge >= 0.3 is 5.92 Å². The fourth-order valence-electron chi connectivity index (χ4n) is 3.79. The smallest absolute Gasteiger partial charge is 0.303 e. The van der Waals surface area contributed by atoms with Gasteiger partial charge in [-0.05, 0) is 32.4 Å². The van der Waals surface area contributed by atoms with Crippen molar-refractivity contribution in [2.45, 2.75) is 52.2 Å². The first-order valence-corrected chi connectivity index (χ1v) is 9.76. The Hall–Kier alpha value is -2.94. The highest BCUT2D eigenvalue weighted by atomic mass is 19.3. The van der Waals surface area contributed by atoms with Gasteiger partial charge in [-0.3, -0.25) is 4.79 Å². The summed E-state index contributed by atoms with van der Waals surface area (Å²) in [5, 5.41) is 3.43. The van der Waals surface area contributed by atoms with Crippen LogP contribution in [0.5, 0.6) is 0 Å². The first-order valence-electron chi connectivity index (χ1n) is 9.76. The number of aromatic nitrogens is 4. The molecule has 0 aliphatic carbocycles. The van der Waals surface area contributed by atoms with Crippen LogP contribution in [-0.4, -0.2) is 38.1 Å². The van der Waals surface area contributed by atoms with E-state index in [9.17, 15) is 13.6 Å². The molecule has 1 saturated heterocycles. The van der Waals surface area contributed by atoms with E-state index in [1.54, 1.807) is 25.3 Å². The first-order chi connectivity index (χ1) is 14.1. The SMILES string of the molecule is CC(=O)Nc1cc2c(-c3cc(C)nc(C(C)(F)F)n3)cn(C3COC(C)C3)c2cn1. The maximum atomic E-state index is 13.9. The zero-order valence-corrected chi connectivity index (χ0v) is 17.2. The number of alkyl halides is 2. The quantitative estimate of drug-likeness (QED) is 0.690. The lowest BCUT2D eigenvalue weighted by Crippen LogP contribution is -2.13. The second kappa shape index (κ2) is 7.39. The Morgan fingerprint density at radius 2 is 2.10 bits per heavy atom. The molecule has 1 aliphatic heterocycles. The molecule has 30 heavy (non-hydrogen) atoms. The van der Waals surface area contributed by atoms with Gasteiger partial charge in [-0.2, -0.15) is 8.78 Å². The van der Waals surface area contributed by atoms with Crippen LogP contribution >= 0.6 is 0 Å². The molecule has 3 aromatic heterocycles. The first kappa shape index (κ1) is 20.3. The van der Waals surface area contributed by atoms with Crippen molar-refractivity contribution in [3.8, 4) is 11.3 Å². The summed E-state index contributed by atoms with van der Waals surface area (Å²) >= 11 is 0. The highest BCUT2D eigenvalue weighted by molar-refractivity contribution is 5.98. The molecule has 9 heteroatoms. The van der Waals surface area contributed by atoms with Gasteiger partial charge in [0.05, 0.1) is 36.2 Å². The molecule has 0 radical (unpaired) electrons. The number of nitrogens with zero attached hydrogens (tertiary/aromatic N) is 4. The molecule has 0 aromatic carbocycles. The van der Waals surface area contributed by atoms with Crippen LogP contribution in [-0.2, 0) is 15.5 Å². The second-order valence-corrected chi connectivity index (χ2v) is 7.86. The third-order valence-corrected chi connectivity index (χ3v) is 5.12. The van der Waals surface area contributed by atoms with Crippen molar-refractivity contribution in [2.24, 2.45) is 0 Å². The monoisotopic (exact) mass is 415 g/mol. The number of nitrogens with one attached hydrogen (secondary N) is 1. The van der Waals surface area contributed by atoms with Crippen LogP contribution in [0.2, 0.25) is 0 Å². The Morgan fingerprint density at radius 3 is 2.73 bits per heavy atom. The summed E-state index contributed by atoms with van der Waals surface area (Å²) < 4.78 is 35.7. The van der Waals surface area contributed by atoms with Gasteiger partial charge in [-0.15, -0.1) is 0 Å². The van der Waals surface area contributed by atoms with Crippen molar-refractivity contribution in [1.82, 2.24) is 19.5 Å². The third kappa shape index (κ3) is 3.89. The van der Waals surface area contributed by atoms with E-state index < -0.39 is 11.7 Å². The molecule has 158 valence electrons. The Bertz CT molecular complexity index is 1120. The molecular formula is C21H23F2N5O2. The summed E-state index contributed by atoms with van der Waals surface area (Å²) in [6, 6.07) is 3.52. The summed E-state index contributed by atoms with van der Waals surface area (Å²) in [5.41, 5.74) is 2.35. The Morgan fingerprint density at radius 1 is 1.33 bits per heavy atom. The summed E-state index contributed by atoms with van der Waals surface area (Å²) in [7, 11) is 0. The lowest BCUT2D eigenvalue weighted by atomic mass is 10.1. The third-order valence-electron chi connectivity index (χ3n) is 5.12. The molecule has 1 aliphatic rings. The number of hydrogen-bond acceptors (Lipinski definition) is 5. The van der Waals surface area contributed by atoms with E-state index in [2.05, 4.69) is 24.8 Å². The van der Waals surface area contributed by atoms with Crippen LogP contribution in [0.1, 0.15) is 44.8 Å². The molecular weight excluding hydrogens is 392 g/mol. The molecule has 4 heterocycles. The van der Waals surface area contributed by atoms with Gasteiger partial charge in [-0.25, -0.2) is 15.0 Å². The van der Waals surface area contributed by atoms with E-state index in [1.807, 2.05) is 13.1 Å². The van der Waals surface area contributed by atoms with Crippen LogP contribution in [0.15, 0.2) is 24.5 Å². The van der Waals surface area contributed by atoms with Crippen molar-refractivity contribution in [3.05, 3.63) is 36.0 Å². The summed E-state index contributed by atoms with van der Waals surface area (Å²) in [5.74, 6) is -3.53. The number of pyridine rings is 1. The number of anilines is 1. The lowest BCUT2D eigenvalue weighted by Gasteiger charge is -2.12.